The van der Waals surface area contributed by atoms with Gasteiger partial charge < -0.3 is 10.6 Å². The Labute approximate surface area is 275 Å². The van der Waals surface area contributed by atoms with Crippen LogP contribution in [0.4, 0.5) is 0 Å². The summed E-state index contributed by atoms with van der Waals surface area (Å²) in [5.41, 5.74) is 0. The summed E-state index contributed by atoms with van der Waals surface area (Å²) in [6.07, 6.45) is 43.8. The van der Waals surface area contributed by atoms with Gasteiger partial charge in [0, 0.05) is 25.9 Å². The van der Waals surface area contributed by atoms with Gasteiger partial charge in [-0.05, 0) is 70.1 Å². The van der Waals surface area contributed by atoms with Gasteiger partial charge in [0.15, 0.2) is 0 Å². The molecule has 0 bridgehead atoms. The summed E-state index contributed by atoms with van der Waals surface area (Å²) in [6, 6.07) is 0. The molecule has 0 aromatic heterocycles. The van der Waals surface area contributed by atoms with Crippen LogP contribution in [0, 0.1) is 5.92 Å². The first kappa shape index (κ1) is 42.4. The van der Waals surface area contributed by atoms with Crippen molar-refractivity contribution in [3.05, 3.63) is 24.3 Å². The Kier molecular flexibility index (Phi) is 34.6. The molecule has 258 valence electrons. The molecule has 2 amide bonds. The molecule has 0 heterocycles. The number of allylic oxidation sites excluding steroid dienone is 4. The van der Waals surface area contributed by atoms with E-state index in [0.29, 0.717) is 25.9 Å². The third-order valence-corrected chi connectivity index (χ3v) is 8.63. The van der Waals surface area contributed by atoms with Crippen molar-refractivity contribution >= 4 is 11.8 Å². The van der Waals surface area contributed by atoms with Gasteiger partial charge in [0.25, 0.3) is 0 Å². The van der Waals surface area contributed by atoms with Gasteiger partial charge >= 0.3 is 0 Å². The van der Waals surface area contributed by atoms with Crippen molar-refractivity contribution in [3.8, 4) is 0 Å². The maximum absolute atomic E-state index is 12.2. The highest BCUT2D eigenvalue weighted by atomic mass is 16.2. The highest BCUT2D eigenvalue weighted by Gasteiger charge is 2.08. The van der Waals surface area contributed by atoms with E-state index in [1.807, 2.05) is 0 Å². The minimum absolute atomic E-state index is 0.147. The molecule has 0 unspecified atom stereocenters. The lowest BCUT2D eigenvalue weighted by atomic mass is 10.1. The summed E-state index contributed by atoms with van der Waals surface area (Å²) in [5.74, 6) is 0.550. The molecule has 0 aliphatic heterocycles. The van der Waals surface area contributed by atoms with Crippen LogP contribution >= 0.6 is 0 Å². The predicted molar refractivity (Wildman–Crippen MR) is 194 cm³/mol. The molecule has 0 saturated heterocycles. The van der Waals surface area contributed by atoms with Crippen LogP contribution in [0.1, 0.15) is 201 Å². The first-order valence-corrected chi connectivity index (χ1v) is 19.4. The molecule has 0 atom stereocenters. The fourth-order valence-electron chi connectivity index (χ4n) is 5.54. The minimum atomic E-state index is 0.147. The first-order chi connectivity index (χ1) is 21.6. The van der Waals surface area contributed by atoms with Gasteiger partial charge in [-0.3, -0.25) is 9.59 Å². The predicted octanol–water partition coefficient (Wildman–Crippen LogP) is 11.9. The van der Waals surface area contributed by atoms with E-state index < -0.39 is 0 Å². The molecular weight excluding hydrogens is 540 g/mol. The number of carbonyl (C=O) groups excluding carboxylic acids is 2. The Morgan fingerprint density at radius 3 is 1.02 bits per heavy atom. The molecule has 0 saturated carbocycles. The van der Waals surface area contributed by atoms with Gasteiger partial charge in [-0.25, -0.2) is 0 Å². The number of unbranched alkanes of at least 4 members (excludes halogenated alkanes) is 22. The Morgan fingerprint density at radius 1 is 0.432 bits per heavy atom. The van der Waals surface area contributed by atoms with E-state index in [9.17, 15) is 9.59 Å². The Bertz CT molecular complexity index is 616. The lowest BCUT2D eigenvalue weighted by Gasteiger charge is -2.14. The smallest absolute Gasteiger partial charge is 0.220 e. The third kappa shape index (κ3) is 34.9. The summed E-state index contributed by atoms with van der Waals surface area (Å²) in [6.45, 7) is 7.90. The van der Waals surface area contributed by atoms with Gasteiger partial charge in [0.05, 0.1) is 0 Å². The van der Waals surface area contributed by atoms with Crippen LogP contribution in [0.15, 0.2) is 24.3 Å². The van der Waals surface area contributed by atoms with Crippen LogP contribution in [0.3, 0.4) is 0 Å². The number of hydrogen-bond acceptors (Lipinski definition) is 2. The number of carbonyl (C=O) groups is 2. The normalized spacial score (nSPS) is 11.7. The summed E-state index contributed by atoms with van der Waals surface area (Å²) in [5, 5.41) is 6.10. The zero-order chi connectivity index (χ0) is 32.2. The second-order valence-electron chi connectivity index (χ2n) is 13.4. The van der Waals surface area contributed by atoms with Crippen molar-refractivity contribution in [2.45, 2.75) is 201 Å². The van der Waals surface area contributed by atoms with Gasteiger partial charge in [-0.2, -0.15) is 0 Å². The van der Waals surface area contributed by atoms with Gasteiger partial charge in [0.1, 0.15) is 0 Å². The van der Waals surface area contributed by atoms with Crippen molar-refractivity contribution < 1.29 is 9.59 Å². The number of hydrogen-bond donors (Lipinski definition) is 2. The lowest BCUT2D eigenvalue weighted by Crippen LogP contribution is -2.35. The van der Waals surface area contributed by atoms with Crippen LogP contribution in [-0.4, -0.2) is 24.9 Å². The molecule has 0 spiro atoms. The molecule has 0 radical (unpaired) electrons. The minimum Gasteiger partial charge on any atom is -0.356 e. The van der Waals surface area contributed by atoms with Crippen LogP contribution in [0.2, 0.25) is 0 Å². The number of nitrogens with one attached hydrogen (secondary N) is 2. The van der Waals surface area contributed by atoms with Crippen molar-refractivity contribution in [3.63, 3.8) is 0 Å². The summed E-state index contributed by atoms with van der Waals surface area (Å²) < 4.78 is 0. The molecule has 4 heteroatoms. The fraction of sp³-hybridized carbons (Fsp3) is 0.850. The largest absolute Gasteiger partial charge is 0.356 e. The summed E-state index contributed by atoms with van der Waals surface area (Å²) in [4.78, 5) is 24.4. The monoisotopic (exact) mass is 617 g/mol. The molecular formula is C40H76N2O2. The van der Waals surface area contributed by atoms with Crippen LogP contribution < -0.4 is 10.6 Å². The second kappa shape index (κ2) is 35.9. The van der Waals surface area contributed by atoms with Crippen molar-refractivity contribution in [1.82, 2.24) is 10.6 Å². The molecule has 2 N–H and O–H groups in total. The zero-order valence-electron chi connectivity index (χ0n) is 29.9. The first-order valence-electron chi connectivity index (χ1n) is 19.4. The molecule has 0 aliphatic carbocycles. The van der Waals surface area contributed by atoms with Gasteiger partial charge in [-0.1, -0.05) is 148 Å². The van der Waals surface area contributed by atoms with Crippen molar-refractivity contribution in [2.75, 3.05) is 13.1 Å². The zero-order valence-corrected chi connectivity index (χ0v) is 29.9. The molecule has 0 aromatic rings. The highest BCUT2D eigenvalue weighted by molar-refractivity contribution is 5.76. The topological polar surface area (TPSA) is 58.2 Å². The van der Waals surface area contributed by atoms with Gasteiger partial charge in [0.2, 0.25) is 11.8 Å². The van der Waals surface area contributed by atoms with Crippen molar-refractivity contribution in [2.24, 2.45) is 5.92 Å². The standard InChI is InChI=1S/C40H76N2O2/c1-4-6-8-10-12-14-16-18-20-22-24-26-28-30-32-34-39(43)41-36-38(3)37-42-40(44)35-33-31-29-27-25-23-21-19-17-15-13-11-9-7-5-2/h18-21,38H,4-17,22-37H2,1-3H3,(H,41,43)(H,42,44)/b20-18-,21-19-. The third-order valence-electron chi connectivity index (χ3n) is 8.63. The molecule has 4 nitrogen and oxygen atoms in total. The second-order valence-corrected chi connectivity index (χ2v) is 13.4. The summed E-state index contributed by atoms with van der Waals surface area (Å²) >= 11 is 0. The Hall–Kier alpha value is -1.58. The molecule has 0 aliphatic rings. The fourth-order valence-corrected chi connectivity index (χ4v) is 5.54. The molecule has 44 heavy (non-hydrogen) atoms. The summed E-state index contributed by atoms with van der Waals surface area (Å²) in [7, 11) is 0. The maximum Gasteiger partial charge on any atom is 0.220 e. The van der Waals surface area contributed by atoms with E-state index in [4.69, 9.17) is 0 Å². The Morgan fingerprint density at radius 2 is 0.705 bits per heavy atom. The van der Waals surface area contributed by atoms with Crippen LogP contribution in [0.25, 0.3) is 0 Å². The Balaban J connectivity index is 3.45. The van der Waals surface area contributed by atoms with E-state index in [2.05, 4.69) is 55.7 Å². The van der Waals surface area contributed by atoms with E-state index >= 15 is 0 Å². The molecule has 0 fully saturated rings. The van der Waals surface area contributed by atoms with E-state index in [-0.39, 0.29) is 17.7 Å². The molecule has 0 aromatic carbocycles. The average Bonchev–Trinajstić information content (AvgIpc) is 3.02. The SMILES string of the molecule is CCCCCCCC/C=C\CCCCCCCC(=O)NCC(C)CNC(=O)CCCCCCC/C=C\CCCCCCCC. The maximum atomic E-state index is 12.2. The lowest BCUT2D eigenvalue weighted by molar-refractivity contribution is -0.121. The number of amides is 2. The highest BCUT2D eigenvalue weighted by Crippen LogP contribution is 2.11. The van der Waals surface area contributed by atoms with E-state index in [0.717, 1.165) is 25.7 Å². The number of rotatable bonds is 34. The van der Waals surface area contributed by atoms with Gasteiger partial charge in [-0.15, -0.1) is 0 Å². The molecule has 0 rings (SSSR count). The van der Waals surface area contributed by atoms with E-state index in [1.54, 1.807) is 0 Å². The van der Waals surface area contributed by atoms with Crippen molar-refractivity contribution in [1.29, 1.82) is 0 Å². The quantitative estimate of drug-likeness (QED) is 0.0558. The van der Waals surface area contributed by atoms with Crippen LogP contribution in [-0.2, 0) is 9.59 Å². The van der Waals surface area contributed by atoms with Crippen LogP contribution in [0.5, 0.6) is 0 Å². The average molecular weight is 617 g/mol. The van der Waals surface area contributed by atoms with E-state index in [1.165, 1.54) is 141 Å².